The number of nitriles is 1. The molecule has 1 aliphatic heterocycles. The lowest BCUT2D eigenvalue weighted by Gasteiger charge is -2.35. The van der Waals surface area contributed by atoms with Crippen molar-refractivity contribution >= 4 is 11.7 Å². The highest BCUT2D eigenvalue weighted by Gasteiger charge is 2.23. The summed E-state index contributed by atoms with van der Waals surface area (Å²) in [5.74, 6) is 0.917. The van der Waals surface area contributed by atoms with Crippen molar-refractivity contribution in [1.29, 1.82) is 5.26 Å². The van der Waals surface area contributed by atoms with E-state index in [4.69, 9.17) is 0 Å². The van der Waals surface area contributed by atoms with E-state index < -0.39 is 0 Å². The van der Waals surface area contributed by atoms with Crippen LogP contribution in [-0.4, -0.2) is 54.6 Å². The standard InChI is InChI=1S/C19H27N5O/c1-15-7-8-16(13-20)19(21-15)24-11-9-23(10-12-24)14-18(25)22-17-5-3-2-4-6-17/h7-8,17H,2-6,9-12,14H2,1H3,(H,22,25). The van der Waals surface area contributed by atoms with Gasteiger partial charge in [-0.05, 0) is 31.9 Å². The minimum absolute atomic E-state index is 0.145. The van der Waals surface area contributed by atoms with Crippen molar-refractivity contribution < 1.29 is 4.79 Å². The molecule has 0 unspecified atom stereocenters. The van der Waals surface area contributed by atoms with Crippen molar-refractivity contribution in [2.24, 2.45) is 0 Å². The number of hydrogen-bond donors (Lipinski definition) is 1. The lowest BCUT2D eigenvalue weighted by Crippen LogP contribution is -2.51. The number of amides is 1. The van der Waals surface area contributed by atoms with Gasteiger partial charge in [-0.25, -0.2) is 4.98 Å². The normalized spacial score (nSPS) is 19.4. The van der Waals surface area contributed by atoms with Crippen LogP contribution in [-0.2, 0) is 4.79 Å². The predicted octanol–water partition coefficient (Wildman–Crippen LogP) is 1.83. The van der Waals surface area contributed by atoms with Crippen LogP contribution in [0.2, 0.25) is 0 Å². The molecule has 6 heteroatoms. The van der Waals surface area contributed by atoms with Crippen LogP contribution in [0, 0.1) is 18.3 Å². The molecule has 0 bridgehead atoms. The van der Waals surface area contributed by atoms with Crippen molar-refractivity contribution in [3.05, 3.63) is 23.4 Å². The summed E-state index contributed by atoms with van der Waals surface area (Å²) in [7, 11) is 0. The van der Waals surface area contributed by atoms with Gasteiger partial charge in [0.05, 0.1) is 12.1 Å². The highest BCUT2D eigenvalue weighted by molar-refractivity contribution is 5.78. The summed E-state index contributed by atoms with van der Waals surface area (Å²) in [5.41, 5.74) is 1.54. The fourth-order valence-corrected chi connectivity index (χ4v) is 3.71. The Morgan fingerprint density at radius 3 is 2.64 bits per heavy atom. The third-order valence-corrected chi connectivity index (χ3v) is 5.14. The number of aryl methyl sites for hydroxylation is 1. The van der Waals surface area contributed by atoms with Crippen LogP contribution in [0.15, 0.2) is 12.1 Å². The summed E-state index contributed by atoms with van der Waals surface area (Å²) in [5, 5.41) is 12.5. The maximum absolute atomic E-state index is 12.3. The molecule has 1 N–H and O–H groups in total. The molecule has 2 aliphatic rings. The molecule has 0 spiro atoms. The second-order valence-corrected chi connectivity index (χ2v) is 7.10. The second-order valence-electron chi connectivity index (χ2n) is 7.10. The Balaban J connectivity index is 1.49. The van der Waals surface area contributed by atoms with Gasteiger partial charge in [0.1, 0.15) is 11.9 Å². The van der Waals surface area contributed by atoms with Crippen molar-refractivity contribution in [1.82, 2.24) is 15.2 Å². The van der Waals surface area contributed by atoms with Crippen molar-refractivity contribution in [2.45, 2.75) is 45.1 Å². The first kappa shape index (κ1) is 17.7. The molecule has 1 amide bonds. The minimum atomic E-state index is 0.145. The quantitative estimate of drug-likeness (QED) is 0.905. The van der Waals surface area contributed by atoms with Gasteiger partial charge in [-0.3, -0.25) is 9.69 Å². The molecule has 1 aromatic rings. The summed E-state index contributed by atoms with van der Waals surface area (Å²) in [6, 6.07) is 6.30. The molecule has 0 aromatic carbocycles. The van der Waals surface area contributed by atoms with Gasteiger partial charge < -0.3 is 10.2 Å². The first-order valence-corrected chi connectivity index (χ1v) is 9.30. The number of pyridine rings is 1. The minimum Gasteiger partial charge on any atom is -0.353 e. The van der Waals surface area contributed by atoms with Crippen LogP contribution in [0.1, 0.15) is 43.4 Å². The molecule has 0 atom stereocenters. The first-order valence-electron chi connectivity index (χ1n) is 9.30. The van der Waals surface area contributed by atoms with Gasteiger partial charge in [0.2, 0.25) is 5.91 Å². The highest BCUT2D eigenvalue weighted by atomic mass is 16.2. The number of carbonyl (C=O) groups excluding carboxylic acids is 1. The topological polar surface area (TPSA) is 72.3 Å². The molecular formula is C19H27N5O. The Labute approximate surface area is 149 Å². The number of carbonyl (C=O) groups is 1. The van der Waals surface area contributed by atoms with E-state index in [1.54, 1.807) is 0 Å². The summed E-state index contributed by atoms with van der Waals surface area (Å²) in [6.07, 6.45) is 6.00. The molecule has 1 saturated heterocycles. The van der Waals surface area contributed by atoms with Gasteiger partial charge in [0.25, 0.3) is 0 Å². The van der Waals surface area contributed by atoms with Crippen LogP contribution in [0.3, 0.4) is 0 Å². The van der Waals surface area contributed by atoms with Gasteiger partial charge in [0, 0.05) is 37.9 Å². The molecule has 2 heterocycles. The van der Waals surface area contributed by atoms with Gasteiger partial charge in [-0.2, -0.15) is 5.26 Å². The number of anilines is 1. The fourth-order valence-electron chi connectivity index (χ4n) is 3.71. The molecule has 1 aromatic heterocycles. The van der Waals surface area contributed by atoms with Crippen LogP contribution >= 0.6 is 0 Å². The molecule has 0 radical (unpaired) electrons. The monoisotopic (exact) mass is 341 g/mol. The summed E-state index contributed by atoms with van der Waals surface area (Å²) < 4.78 is 0. The van der Waals surface area contributed by atoms with E-state index >= 15 is 0 Å². The smallest absolute Gasteiger partial charge is 0.234 e. The van der Waals surface area contributed by atoms with Crippen LogP contribution in [0.4, 0.5) is 5.82 Å². The third-order valence-electron chi connectivity index (χ3n) is 5.14. The number of hydrogen-bond acceptors (Lipinski definition) is 5. The average Bonchev–Trinajstić information content (AvgIpc) is 2.63. The molecule has 2 fully saturated rings. The predicted molar refractivity (Wildman–Crippen MR) is 97.4 cm³/mol. The number of aromatic nitrogens is 1. The molecule has 1 saturated carbocycles. The number of nitrogens with one attached hydrogen (secondary N) is 1. The van der Waals surface area contributed by atoms with Gasteiger partial charge >= 0.3 is 0 Å². The Kier molecular flexibility index (Phi) is 5.87. The van der Waals surface area contributed by atoms with Gasteiger partial charge in [0.15, 0.2) is 0 Å². The van der Waals surface area contributed by atoms with E-state index in [1.165, 1.54) is 19.3 Å². The molecule has 6 nitrogen and oxygen atoms in total. The molecule has 1 aliphatic carbocycles. The van der Waals surface area contributed by atoms with Crippen molar-refractivity contribution in [2.75, 3.05) is 37.6 Å². The van der Waals surface area contributed by atoms with E-state index in [9.17, 15) is 10.1 Å². The molecule has 25 heavy (non-hydrogen) atoms. The fraction of sp³-hybridized carbons (Fsp3) is 0.632. The van der Waals surface area contributed by atoms with Crippen molar-refractivity contribution in [3.63, 3.8) is 0 Å². The average molecular weight is 341 g/mol. The Bertz CT molecular complexity index is 640. The van der Waals surface area contributed by atoms with E-state index in [0.29, 0.717) is 18.2 Å². The SMILES string of the molecule is Cc1ccc(C#N)c(N2CCN(CC(=O)NC3CCCCC3)CC2)n1. The second kappa shape index (κ2) is 8.30. The molecule has 134 valence electrons. The summed E-state index contributed by atoms with van der Waals surface area (Å²) in [6.45, 7) is 5.63. The Morgan fingerprint density at radius 1 is 1.24 bits per heavy atom. The maximum atomic E-state index is 12.3. The maximum Gasteiger partial charge on any atom is 0.234 e. The zero-order chi connectivity index (χ0) is 17.6. The van der Waals surface area contributed by atoms with E-state index in [2.05, 4.69) is 26.2 Å². The van der Waals surface area contributed by atoms with Gasteiger partial charge in [-0.1, -0.05) is 19.3 Å². The van der Waals surface area contributed by atoms with Crippen LogP contribution in [0.25, 0.3) is 0 Å². The molecular weight excluding hydrogens is 314 g/mol. The third kappa shape index (κ3) is 4.70. The number of nitrogens with zero attached hydrogens (tertiary/aromatic N) is 4. The zero-order valence-electron chi connectivity index (χ0n) is 15.0. The van der Waals surface area contributed by atoms with E-state index in [1.807, 2.05) is 19.1 Å². The van der Waals surface area contributed by atoms with Crippen molar-refractivity contribution in [3.8, 4) is 6.07 Å². The van der Waals surface area contributed by atoms with Gasteiger partial charge in [-0.15, -0.1) is 0 Å². The lowest BCUT2D eigenvalue weighted by molar-refractivity contribution is -0.123. The largest absolute Gasteiger partial charge is 0.353 e. The lowest BCUT2D eigenvalue weighted by atomic mass is 9.95. The Hall–Kier alpha value is -2.13. The number of rotatable bonds is 4. The molecule has 3 rings (SSSR count). The Morgan fingerprint density at radius 2 is 1.96 bits per heavy atom. The summed E-state index contributed by atoms with van der Waals surface area (Å²) in [4.78, 5) is 21.1. The van der Waals surface area contributed by atoms with E-state index in [-0.39, 0.29) is 5.91 Å². The zero-order valence-corrected chi connectivity index (χ0v) is 15.0. The first-order chi connectivity index (χ1) is 12.2. The highest BCUT2D eigenvalue weighted by Crippen LogP contribution is 2.20. The van der Waals surface area contributed by atoms with Crippen LogP contribution in [0.5, 0.6) is 0 Å². The van der Waals surface area contributed by atoms with Crippen LogP contribution < -0.4 is 10.2 Å². The summed E-state index contributed by atoms with van der Waals surface area (Å²) >= 11 is 0. The number of piperazine rings is 1. The van der Waals surface area contributed by atoms with E-state index in [0.717, 1.165) is 50.5 Å².